The van der Waals surface area contributed by atoms with E-state index < -0.39 is 11.9 Å². The van der Waals surface area contributed by atoms with Crippen molar-refractivity contribution in [1.29, 1.82) is 0 Å². The van der Waals surface area contributed by atoms with E-state index >= 15 is 0 Å². The van der Waals surface area contributed by atoms with Gasteiger partial charge in [0.15, 0.2) is 0 Å². The number of rotatable bonds is 6. The van der Waals surface area contributed by atoms with Crippen molar-refractivity contribution in [3.05, 3.63) is 94.0 Å². The quantitative estimate of drug-likeness (QED) is 0.373. The maximum Gasteiger partial charge on any atom is 0.253 e. The number of amides is 2. The minimum atomic E-state index is -0.532. The van der Waals surface area contributed by atoms with Gasteiger partial charge in [-0.3, -0.25) is 9.59 Å². The number of carbonyl (C=O) groups is 2. The molecule has 0 radical (unpaired) electrons. The Hall–Kier alpha value is -3.42. The lowest BCUT2D eigenvalue weighted by molar-refractivity contribution is -0.116. The van der Waals surface area contributed by atoms with Gasteiger partial charge in [0.2, 0.25) is 5.91 Å². The summed E-state index contributed by atoms with van der Waals surface area (Å²) in [5, 5.41) is 6.29. The summed E-state index contributed by atoms with van der Waals surface area (Å²) in [4.78, 5) is 30.2. The summed E-state index contributed by atoms with van der Waals surface area (Å²) in [5.41, 5.74) is 2.19. The van der Waals surface area contributed by atoms with E-state index in [9.17, 15) is 14.0 Å². The number of fused-ring (bicyclic) bond motifs is 1. The maximum atomic E-state index is 13.1. The molecular weight excluding hydrogens is 466 g/mol. The first-order valence-electron chi connectivity index (χ1n) is 10.1. The zero-order valence-electron chi connectivity index (χ0n) is 17.5. The third kappa shape index (κ3) is 5.16. The normalized spacial score (nSPS) is 11.9. The highest BCUT2D eigenvalue weighted by Gasteiger charge is 2.21. The van der Waals surface area contributed by atoms with E-state index in [4.69, 9.17) is 23.2 Å². The Morgan fingerprint density at radius 3 is 2.52 bits per heavy atom. The maximum absolute atomic E-state index is 13.1. The van der Waals surface area contributed by atoms with Gasteiger partial charge in [0.05, 0.1) is 27.7 Å². The number of carbonyl (C=O) groups excluding carboxylic acids is 2. The predicted octanol–water partition coefficient (Wildman–Crippen LogP) is 5.61. The molecule has 0 unspecified atom stereocenters. The summed E-state index contributed by atoms with van der Waals surface area (Å²) < 4.78 is 14.9. The van der Waals surface area contributed by atoms with Gasteiger partial charge in [-0.15, -0.1) is 0 Å². The molecule has 1 aromatic heterocycles. The lowest BCUT2D eigenvalue weighted by atomic mass is 10.2. The van der Waals surface area contributed by atoms with E-state index in [1.165, 1.54) is 30.3 Å². The van der Waals surface area contributed by atoms with Crippen LogP contribution in [0.1, 0.15) is 29.1 Å². The first kappa shape index (κ1) is 22.8. The molecule has 168 valence electrons. The van der Waals surface area contributed by atoms with Crippen molar-refractivity contribution in [3.8, 4) is 0 Å². The Bertz CT molecular complexity index is 1340. The van der Waals surface area contributed by atoms with Crippen LogP contribution in [0.3, 0.4) is 0 Å². The molecule has 33 heavy (non-hydrogen) atoms. The molecule has 0 saturated heterocycles. The summed E-state index contributed by atoms with van der Waals surface area (Å²) in [6.07, 6.45) is 0. The molecular formula is C24H19Cl2FN4O2. The van der Waals surface area contributed by atoms with Crippen molar-refractivity contribution in [2.45, 2.75) is 19.5 Å². The Balaban J connectivity index is 1.59. The van der Waals surface area contributed by atoms with Crippen molar-refractivity contribution in [1.82, 2.24) is 14.9 Å². The second-order valence-electron chi connectivity index (χ2n) is 7.42. The van der Waals surface area contributed by atoms with Crippen LogP contribution in [0.25, 0.3) is 11.0 Å². The number of aromatic nitrogens is 2. The number of halogens is 3. The first-order valence-corrected chi connectivity index (χ1v) is 10.8. The van der Waals surface area contributed by atoms with Crippen LogP contribution in [0.2, 0.25) is 10.0 Å². The molecule has 0 saturated carbocycles. The Kier molecular flexibility index (Phi) is 6.62. The monoisotopic (exact) mass is 484 g/mol. The highest BCUT2D eigenvalue weighted by atomic mass is 35.5. The van der Waals surface area contributed by atoms with Crippen LogP contribution >= 0.6 is 23.2 Å². The average Bonchev–Trinajstić information content (AvgIpc) is 3.13. The molecule has 2 N–H and O–H groups in total. The van der Waals surface area contributed by atoms with Crippen LogP contribution in [-0.4, -0.2) is 21.4 Å². The molecule has 0 bridgehead atoms. The van der Waals surface area contributed by atoms with Crippen molar-refractivity contribution >= 4 is 51.7 Å². The summed E-state index contributed by atoms with van der Waals surface area (Å²) >= 11 is 12.1. The Morgan fingerprint density at radius 2 is 1.79 bits per heavy atom. The lowest BCUT2D eigenvalue weighted by Crippen LogP contribution is -2.30. The highest BCUT2D eigenvalue weighted by Crippen LogP contribution is 2.24. The van der Waals surface area contributed by atoms with Gasteiger partial charge < -0.3 is 15.2 Å². The molecule has 2 amide bonds. The van der Waals surface area contributed by atoms with Gasteiger partial charge in [0.25, 0.3) is 5.91 Å². The molecule has 9 heteroatoms. The van der Waals surface area contributed by atoms with E-state index in [0.717, 1.165) is 5.52 Å². The van der Waals surface area contributed by atoms with E-state index in [0.29, 0.717) is 22.1 Å². The second kappa shape index (κ2) is 9.60. The van der Waals surface area contributed by atoms with Crippen molar-refractivity contribution in [2.75, 3.05) is 5.32 Å². The molecule has 4 aromatic rings. The fraction of sp³-hybridized carbons (Fsp3) is 0.125. The summed E-state index contributed by atoms with van der Waals surface area (Å²) in [7, 11) is 0. The van der Waals surface area contributed by atoms with Crippen molar-refractivity contribution in [3.63, 3.8) is 0 Å². The molecule has 4 rings (SSSR count). The first-order chi connectivity index (χ1) is 15.8. The number of benzene rings is 3. The molecule has 0 aliphatic heterocycles. The summed E-state index contributed by atoms with van der Waals surface area (Å²) in [5.74, 6) is -0.589. The van der Waals surface area contributed by atoms with Gasteiger partial charge in [-0.1, -0.05) is 35.3 Å². The van der Waals surface area contributed by atoms with E-state index in [2.05, 4.69) is 15.6 Å². The largest absolute Gasteiger partial charge is 0.342 e. The third-order valence-corrected chi connectivity index (χ3v) is 5.57. The predicted molar refractivity (Wildman–Crippen MR) is 127 cm³/mol. The number of hydrogen-bond donors (Lipinski definition) is 2. The SMILES string of the molecule is C[C@H](NC(=O)c1ccc(Cl)cc1Cl)c1nc2ccccc2n1CC(=O)Nc1ccc(F)cc1. The number of imidazole rings is 1. The van der Waals surface area contributed by atoms with Gasteiger partial charge in [0, 0.05) is 10.7 Å². The highest BCUT2D eigenvalue weighted by molar-refractivity contribution is 6.36. The molecule has 0 spiro atoms. The van der Waals surface area contributed by atoms with E-state index in [-0.39, 0.29) is 28.9 Å². The lowest BCUT2D eigenvalue weighted by Gasteiger charge is -2.17. The number of nitrogens with one attached hydrogen (secondary N) is 2. The molecule has 0 aliphatic rings. The molecule has 1 atom stereocenters. The van der Waals surface area contributed by atoms with Crippen LogP contribution in [0.5, 0.6) is 0 Å². The summed E-state index contributed by atoms with van der Waals surface area (Å²) in [6.45, 7) is 1.73. The summed E-state index contributed by atoms with van der Waals surface area (Å²) in [6, 6.07) is 17.0. The smallest absolute Gasteiger partial charge is 0.253 e. The van der Waals surface area contributed by atoms with E-state index in [1.807, 2.05) is 24.3 Å². The molecule has 3 aromatic carbocycles. The number of anilines is 1. The van der Waals surface area contributed by atoms with Gasteiger partial charge in [-0.25, -0.2) is 9.37 Å². The Morgan fingerprint density at radius 1 is 1.06 bits per heavy atom. The third-order valence-electron chi connectivity index (χ3n) is 5.02. The van der Waals surface area contributed by atoms with Crippen LogP contribution in [-0.2, 0) is 11.3 Å². The fourth-order valence-electron chi connectivity index (χ4n) is 3.48. The molecule has 0 fully saturated rings. The van der Waals surface area contributed by atoms with Gasteiger partial charge >= 0.3 is 0 Å². The van der Waals surface area contributed by atoms with Gasteiger partial charge in [0.1, 0.15) is 18.2 Å². The van der Waals surface area contributed by atoms with Crippen molar-refractivity contribution in [2.24, 2.45) is 0 Å². The minimum Gasteiger partial charge on any atom is -0.342 e. The van der Waals surface area contributed by atoms with Crippen LogP contribution in [0.15, 0.2) is 66.7 Å². The molecule has 1 heterocycles. The standard InChI is InChI=1S/C24H19Cl2FN4O2/c1-14(28-24(33)18-11-6-15(25)12-19(18)26)23-30-20-4-2-3-5-21(20)31(23)13-22(32)29-17-9-7-16(27)8-10-17/h2-12,14H,13H2,1H3,(H,28,33)(H,29,32)/t14-/m0/s1. The molecule has 6 nitrogen and oxygen atoms in total. The minimum absolute atomic E-state index is 0.0465. The van der Waals surface area contributed by atoms with Crippen LogP contribution < -0.4 is 10.6 Å². The second-order valence-corrected chi connectivity index (χ2v) is 8.26. The zero-order chi connectivity index (χ0) is 23.5. The number of para-hydroxylation sites is 2. The van der Waals surface area contributed by atoms with Gasteiger partial charge in [-0.2, -0.15) is 0 Å². The number of nitrogens with zero attached hydrogens (tertiary/aromatic N) is 2. The average molecular weight is 485 g/mol. The fourth-order valence-corrected chi connectivity index (χ4v) is 3.98. The zero-order valence-corrected chi connectivity index (χ0v) is 19.0. The van der Waals surface area contributed by atoms with E-state index in [1.54, 1.807) is 23.6 Å². The number of hydrogen-bond acceptors (Lipinski definition) is 3. The topological polar surface area (TPSA) is 76.0 Å². The molecule has 0 aliphatic carbocycles. The van der Waals surface area contributed by atoms with Crippen LogP contribution in [0, 0.1) is 5.82 Å². The van der Waals surface area contributed by atoms with Crippen LogP contribution in [0.4, 0.5) is 10.1 Å². The Labute approximate surface area is 199 Å². The van der Waals surface area contributed by atoms with Crippen molar-refractivity contribution < 1.29 is 14.0 Å². The van der Waals surface area contributed by atoms with Gasteiger partial charge in [-0.05, 0) is 61.5 Å².